The molecule has 0 aliphatic carbocycles. The van der Waals surface area contributed by atoms with E-state index in [0.29, 0.717) is 6.67 Å². The maximum Gasteiger partial charge on any atom is 0.522 e. The first kappa shape index (κ1) is 33.9. The number of quaternary nitrogens is 1. The summed E-state index contributed by atoms with van der Waals surface area (Å²) in [5.41, 5.74) is -11.2. The van der Waals surface area contributed by atoms with Crippen LogP contribution >= 0.6 is 0 Å². The van der Waals surface area contributed by atoms with Gasteiger partial charge in [-0.15, -0.1) is 0 Å². The summed E-state index contributed by atoms with van der Waals surface area (Å²) >= 11 is 0. The molecule has 4 rings (SSSR count). The Morgan fingerprint density at radius 2 is 1.50 bits per heavy atom. The maximum atomic E-state index is 11.7. The fraction of sp³-hybridized carbons (Fsp3) is 0.722. The summed E-state index contributed by atoms with van der Waals surface area (Å²) in [4.78, 5) is 18.1. The number of piperazine rings is 3. The minimum absolute atomic E-state index is 0.264. The van der Waals surface area contributed by atoms with Crippen molar-refractivity contribution in [2.45, 2.75) is 17.4 Å². The zero-order valence-electron chi connectivity index (χ0n) is 19.9. The van der Waals surface area contributed by atoms with Gasteiger partial charge in [0.25, 0.3) is 0 Å². The van der Waals surface area contributed by atoms with Crippen LogP contribution in [0.5, 0.6) is 0 Å². The third kappa shape index (κ3) is 10.9. The van der Waals surface area contributed by atoms with Crippen LogP contribution in [-0.2, 0) is 25.0 Å². The summed E-state index contributed by atoms with van der Waals surface area (Å²) < 4.78 is 123. The van der Waals surface area contributed by atoms with E-state index in [1.54, 1.807) is 17.2 Å². The maximum absolute atomic E-state index is 11.7. The number of carbonyl (C=O) groups is 1. The van der Waals surface area contributed by atoms with Crippen LogP contribution in [0.2, 0.25) is 0 Å². The highest BCUT2D eigenvalue weighted by Crippen LogP contribution is 2.22. The monoisotopic (exact) mass is 606 g/mol. The van der Waals surface area contributed by atoms with Gasteiger partial charge in [-0.1, -0.05) is 12.7 Å². The van der Waals surface area contributed by atoms with E-state index in [4.69, 9.17) is 30.7 Å². The van der Waals surface area contributed by atoms with Gasteiger partial charge in [0, 0.05) is 45.0 Å². The zero-order chi connectivity index (χ0) is 29.4. The predicted octanol–water partition coefficient (Wildman–Crippen LogP) is 1.34. The van der Waals surface area contributed by atoms with Gasteiger partial charge in [0.1, 0.15) is 13.3 Å². The number of ether oxygens (including phenoxy) is 1. The van der Waals surface area contributed by atoms with Gasteiger partial charge in [-0.2, -0.15) is 34.8 Å². The van der Waals surface area contributed by atoms with Gasteiger partial charge in [0.2, 0.25) is 0 Å². The van der Waals surface area contributed by atoms with Crippen LogP contribution in [0.25, 0.3) is 0 Å². The van der Waals surface area contributed by atoms with Crippen LogP contribution in [0.4, 0.5) is 31.1 Å². The Morgan fingerprint density at radius 1 is 1.03 bits per heavy atom. The summed E-state index contributed by atoms with van der Waals surface area (Å²) in [5, 5.41) is 0. The second-order valence-corrected chi connectivity index (χ2v) is 11.1. The Labute approximate surface area is 215 Å². The number of halogens is 6. The van der Waals surface area contributed by atoms with Gasteiger partial charge in [-0.3, -0.25) is 14.4 Å². The van der Waals surface area contributed by atoms with Gasteiger partial charge >= 0.3 is 27.2 Å². The number of carbonyl (C=O) groups excluding carboxylic acids is 1. The molecule has 0 aromatic carbocycles. The van der Waals surface area contributed by atoms with Crippen molar-refractivity contribution in [2.75, 3.05) is 65.6 Å². The lowest BCUT2D eigenvalue weighted by Gasteiger charge is -2.50. The molecule has 4 aliphatic rings. The zero-order valence-corrected chi connectivity index (χ0v) is 21.5. The Kier molecular flexibility index (Phi) is 11.9. The quantitative estimate of drug-likeness (QED) is 0.154. The molecule has 0 aromatic rings. The lowest BCUT2D eigenvalue weighted by Crippen LogP contribution is -2.67. The Morgan fingerprint density at radius 3 is 1.89 bits per heavy atom. The molecule has 12 nitrogen and oxygen atoms in total. The second kappa shape index (κ2) is 13.3. The van der Waals surface area contributed by atoms with Crippen molar-refractivity contribution < 1.29 is 66.3 Å². The molecule has 0 unspecified atom stereocenters. The van der Waals surface area contributed by atoms with Gasteiger partial charge in [0.05, 0.1) is 26.2 Å². The Balaban J connectivity index is 0.000000374. The van der Waals surface area contributed by atoms with Crippen molar-refractivity contribution in [2.24, 2.45) is 0 Å². The van der Waals surface area contributed by atoms with Gasteiger partial charge < -0.3 is 18.7 Å². The molecule has 0 radical (unpaired) electrons. The molecule has 2 bridgehead atoms. The van der Waals surface area contributed by atoms with Gasteiger partial charge in [-0.05, 0) is 0 Å². The SMILES string of the molecule is C=CCOC(=O)N1C=CN(CCC[N+]23CCN(CC2)CC3)C1.O=S(=O)(O)C(F)(F)F.O=S(=O)([O-])C(F)(F)F. The molecule has 38 heavy (non-hydrogen) atoms. The summed E-state index contributed by atoms with van der Waals surface area (Å²) in [7, 11) is -11.9. The first-order valence-electron chi connectivity index (χ1n) is 10.8. The molecular formula is C18H28F6N4O8S2. The third-order valence-electron chi connectivity index (χ3n) is 5.68. The minimum Gasteiger partial charge on any atom is -0.741 e. The first-order chi connectivity index (χ1) is 17.2. The summed E-state index contributed by atoms with van der Waals surface area (Å²) in [5.74, 6) is 0. The summed E-state index contributed by atoms with van der Waals surface area (Å²) in [6.07, 6.45) is 6.26. The fourth-order valence-electron chi connectivity index (χ4n) is 3.62. The third-order valence-corrected chi connectivity index (χ3v) is 6.83. The average Bonchev–Trinajstić information content (AvgIpc) is 3.26. The van der Waals surface area contributed by atoms with Gasteiger partial charge in [0.15, 0.2) is 10.1 Å². The number of fused-ring (bicyclic) bond motifs is 3. The van der Waals surface area contributed by atoms with Crippen LogP contribution in [0.3, 0.4) is 0 Å². The van der Waals surface area contributed by atoms with Crippen LogP contribution in [0, 0.1) is 0 Å². The predicted molar refractivity (Wildman–Crippen MR) is 118 cm³/mol. The largest absolute Gasteiger partial charge is 0.741 e. The highest BCUT2D eigenvalue weighted by atomic mass is 32.2. The van der Waals surface area contributed by atoms with Crippen LogP contribution in [0.1, 0.15) is 6.42 Å². The molecule has 0 spiro atoms. The minimum atomic E-state index is -6.09. The van der Waals surface area contributed by atoms with Crippen molar-refractivity contribution in [3.63, 3.8) is 0 Å². The fourth-order valence-corrected chi connectivity index (χ4v) is 3.62. The first-order valence-corrected chi connectivity index (χ1v) is 13.7. The molecule has 4 heterocycles. The molecule has 222 valence electrons. The lowest BCUT2D eigenvalue weighted by atomic mass is 10.1. The van der Waals surface area contributed by atoms with E-state index >= 15 is 0 Å². The normalized spacial score (nSPS) is 23.2. The number of hydrogen-bond acceptors (Lipinski definition) is 9. The molecule has 4 aliphatic heterocycles. The molecule has 3 fully saturated rings. The number of hydrogen-bond donors (Lipinski definition) is 1. The van der Waals surface area contributed by atoms with Crippen molar-refractivity contribution in [1.82, 2.24) is 14.7 Å². The smallest absolute Gasteiger partial charge is 0.522 e. The van der Waals surface area contributed by atoms with Crippen molar-refractivity contribution in [3.8, 4) is 0 Å². The second-order valence-electron chi connectivity index (χ2n) is 8.34. The van der Waals surface area contributed by atoms with Crippen LogP contribution in [-0.4, -0.2) is 128 Å². The molecule has 0 aromatic heterocycles. The van der Waals surface area contributed by atoms with E-state index in [1.807, 2.05) is 6.20 Å². The van der Waals surface area contributed by atoms with E-state index in [-0.39, 0.29) is 12.7 Å². The highest BCUT2D eigenvalue weighted by molar-refractivity contribution is 7.86. The van der Waals surface area contributed by atoms with E-state index in [0.717, 1.165) is 6.54 Å². The molecule has 3 saturated heterocycles. The average molecular weight is 607 g/mol. The number of nitrogens with zero attached hydrogens (tertiary/aromatic N) is 4. The number of amides is 1. The van der Waals surface area contributed by atoms with Crippen LogP contribution < -0.4 is 0 Å². The Bertz CT molecular complexity index is 986. The van der Waals surface area contributed by atoms with Crippen LogP contribution in [0.15, 0.2) is 25.1 Å². The summed E-state index contributed by atoms with van der Waals surface area (Å²) in [6.45, 7) is 14.4. The molecular weight excluding hydrogens is 578 g/mol. The molecule has 20 heteroatoms. The molecule has 0 saturated carbocycles. The molecule has 1 amide bonds. The van der Waals surface area contributed by atoms with E-state index < -0.39 is 31.3 Å². The molecule has 0 atom stereocenters. The number of alkyl halides is 6. The number of rotatable bonds is 6. The van der Waals surface area contributed by atoms with Crippen molar-refractivity contribution in [1.29, 1.82) is 0 Å². The van der Waals surface area contributed by atoms with Gasteiger partial charge in [-0.25, -0.2) is 13.2 Å². The lowest BCUT2D eigenvalue weighted by molar-refractivity contribution is -0.941. The van der Waals surface area contributed by atoms with E-state index in [9.17, 15) is 31.1 Å². The van der Waals surface area contributed by atoms with Crippen molar-refractivity contribution in [3.05, 3.63) is 25.1 Å². The summed E-state index contributed by atoms with van der Waals surface area (Å²) in [6, 6.07) is 0. The highest BCUT2D eigenvalue weighted by Gasteiger charge is 2.44. The van der Waals surface area contributed by atoms with E-state index in [2.05, 4.69) is 16.4 Å². The topological polar surface area (TPSA) is 148 Å². The van der Waals surface area contributed by atoms with Crippen molar-refractivity contribution >= 4 is 26.3 Å². The standard InChI is InChI=1S/C16H27N4O2.2CHF3O3S/c1-2-14-22-16(21)19-6-5-18(15-19)4-3-10-20-11-7-17(8-12-20)9-13-20;2*2-1(3,4)8(5,6)7/h2,5-6H,1,3-4,7-15H2;2*(H,5,6,7)/q+1;;/p-1. The Hall–Kier alpha value is -2.13. The van der Waals surface area contributed by atoms with E-state index in [1.165, 1.54) is 56.7 Å². The molecule has 1 N–H and O–H groups in total.